The second-order valence-corrected chi connectivity index (χ2v) is 10.9. The maximum absolute atomic E-state index is 13.0. The van der Waals surface area contributed by atoms with Gasteiger partial charge in [-0.05, 0) is 58.2 Å². The lowest BCUT2D eigenvalue weighted by Gasteiger charge is -2.19. The molecule has 31 heavy (non-hydrogen) atoms. The van der Waals surface area contributed by atoms with Crippen molar-refractivity contribution in [2.75, 3.05) is 5.32 Å². The van der Waals surface area contributed by atoms with Crippen molar-refractivity contribution in [2.45, 2.75) is 22.8 Å². The highest BCUT2D eigenvalue weighted by Crippen LogP contribution is 2.31. The number of sulfonamides is 1. The standard InChI is InChI=1S/C20H16BrF3N2O3S2/c21-17-9-10-18(30-17)31(28,29)26-16(11-13-5-2-1-3-6-13)19(27)25-15-8-4-7-14(12-15)20(22,23)24/h1-10,12,16,26H,11H2,(H,25,27). The minimum atomic E-state index is -4.57. The summed E-state index contributed by atoms with van der Waals surface area (Å²) >= 11 is 4.17. The summed E-state index contributed by atoms with van der Waals surface area (Å²) in [6.45, 7) is 0. The van der Waals surface area contributed by atoms with Crippen molar-refractivity contribution in [2.24, 2.45) is 0 Å². The van der Waals surface area contributed by atoms with Crippen LogP contribution in [0.1, 0.15) is 11.1 Å². The van der Waals surface area contributed by atoms with E-state index in [0.717, 1.165) is 29.5 Å². The first-order valence-electron chi connectivity index (χ1n) is 8.84. The Morgan fingerprint density at radius 3 is 2.35 bits per heavy atom. The molecule has 2 aromatic carbocycles. The molecule has 0 saturated heterocycles. The number of hydrogen-bond acceptors (Lipinski definition) is 4. The number of halogens is 4. The van der Waals surface area contributed by atoms with Crippen LogP contribution in [0.3, 0.4) is 0 Å². The van der Waals surface area contributed by atoms with Crippen LogP contribution < -0.4 is 10.0 Å². The van der Waals surface area contributed by atoms with Gasteiger partial charge in [0, 0.05) is 5.69 Å². The lowest BCUT2D eigenvalue weighted by Crippen LogP contribution is -2.45. The van der Waals surface area contributed by atoms with Crippen LogP contribution in [-0.4, -0.2) is 20.4 Å². The second kappa shape index (κ2) is 9.51. The van der Waals surface area contributed by atoms with Gasteiger partial charge < -0.3 is 5.32 Å². The average Bonchev–Trinajstić information content (AvgIpc) is 3.15. The summed E-state index contributed by atoms with van der Waals surface area (Å²) < 4.78 is 67.3. The van der Waals surface area contributed by atoms with Crippen LogP contribution in [0.4, 0.5) is 18.9 Å². The summed E-state index contributed by atoms with van der Waals surface area (Å²) in [6.07, 6.45) is -4.56. The highest BCUT2D eigenvalue weighted by molar-refractivity contribution is 9.11. The number of carbonyl (C=O) groups is 1. The van der Waals surface area contributed by atoms with Gasteiger partial charge in [-0.3, -0.25) is 4.79 Å². The normalized spacial score (nSPS) is 13.0. The van der Waals surface area contributed by atoms with Crippen LogP contribution >= 0.6 is 27.3 Å². The van der Waals surface area contributed by atoms with E-state index in [-0.39, 0.29) is 16.3 Å². The maximum atomic E-state index is 13.0. The summed E-state index contributed by atoms with van der Waals surface area (Å²) in [5, 5.41) is 2.38. The minimum absolute atomic E-state index is 0.00399. The van der Waals surface area contributed by atoms with E-state index in [1.807, 2.05) is 0 Å². The largest absolute Gasteiger partial charge is 0.416 e. The number of carbonyl (C=O) groups excluding carboxylic acids is 1. The highest BCUT2D eigenvalue weighted by atomic mass is 79.9. The van der Waals surface area contributed by atoms with Gasteiger partial charge in [0.2, 0.25) is 5.91 Å². The van der Waals surface area contributed by atoms with Gasteiger partial charge in [-0.1, -0.05) is 36.4 Å². The summed E-state index contributed by atoms with van der Waals surface area (Å²) in [6, 6.07) is 14.5. The topological polar surface area (TPSA) is 75.3 Å². The number of amides is 1. The molecule has 164 valence electrons. The monoisotopic (exact) mass is 532 g/mol. The van der Waals surface area contributed by atoms with Crippen LogP contribution in [-0.2, 0) is 27.4 Å². The molecule has 0 aliphatic rings. The molecule has 0 spiro atoms. The Hall–Kier alpha value is -2.21. The molecule has 0 saturated carbocycles. The fourth-order valence-corrected chi connectivity index (χ4v) is 5.95. The SMILES string of the molecule is O=C(Nc1cccc(C(F)(F)F)c1)C(Cc1ccccc1)NS(=O)(=O)c1ccc(Br)s1. The fourth-order valence-electron chi connectivity index (χ4n) is 2.73. The van der Waals surface area contributed by atoms with E-state index in [1.54, 1.807) is 36.4 Å². The zero-order valence-corrected chi connectivity index (χ0v) is 18.9. The summed E-state index contributed by atoms with van der Waals surface area (Å²) in [5.41, 5.74) is -0.327. The molecule has 1 heterocycles. The Morgan fingerprint density at radius 1 is 1.03 bits per heavy atom. The van der Waals surface area contributed by atoms with E-state index in [2.05, 4.69) is 26.0 Å². The van der Waals surface area contributed by atoms with Crippen molar-refractivity contribution < 1.29 is 26.4 Å². The molecular weight excluding hydrogens is 517 g/mol. The molecule has 0 aliphatic heterocycles. The molecule has 1 unspecified atom stereocenters. The smallest absolute Gasteiger partial charge is 0.325 e. The lowest BCUT2D eigenvalue weighted by molar-refractivity contribution is -0.137. The number of nitrogens with one attached hydrogen (secondary N) is 2. The van der Waals surface area contributed by atoms with Crippen LogP contribution in [0.15, 0.2) is 74.7 Å². The van der Waals surface area contributed by atoms with Crippen molar-refractivity contribution >= 4 is 48.9 Å². The Kier molecular flexibility index (Phi) is 7.20. The number of thiophene rings is 1. The third-order valence-corrected chi connectivity index (χ3v) is 7.75. The van der Waals surface area contributed by atoms with Crippen LogP contribution in [0, 0.1) is 0 Å². The Bertz CT molecular complexity index is 1170. The number of rotatable bonds is 7. The Balaban J connectivity index is 1.86. The molecular formula is C20H16BrF3N2O3S2. The third-order valence-electron chi connectivity index (χ3n) is 4.17. The molecule has 0 fully saturated rings. The van der Waals surface area contributed by atoms with Gasteiger partial charge >= 0.3 is 6.18 Å². The Labute approximate surface area is 189 Å². The maximum Gasteiger partial charge on any atom is 0.416 e. The van der Waals surface area contributed by atoms with Crippen LogP contribution in [0.25, 0.3) is 0 Å². The molecule has 1 amide bonds. The molecule has 5 nitrogen and oxygen atoms in total. The van der Waals surface area contributed by atoms with Gasteiger partial charge in [0.25, 0.3) is 10.0 Å². The van der Waals surface area contributed by atoms with E-state index < -0.39 is 33.7 Å². The fraction of sp³-hybridized carbons (Fsp3) is 0.150. The lowest BCUT2D eigenvalue weighted by atomic mass is 10.1. The molecule has 2 N–H and O–H groups in total. The predicted molar refractivity (Wildman–Crippen MR) is 116 cm³/mol. The number of anilines is 1. The molecule has 3 aromatic rings. The zero-order chi connectivity index (χ0) is 22.6. The van der Waals surface area contributed by atoms with Crippen molar-refractivity contribution in [3.63, 3.8) is 0 Å². The quantitative estimate of drug-likeness (QED) is 0.446. The number of alkyl halides is 3. The molecule has 0 radical (unpaired) electrons. The van der Waals surface area contributed by atoms with Gasteiger partial charge in [0.05, 0.1) is 9.35 Å². The summed E-state index contributed by atoms with van der Waals surface area (Å²) in [4.78, 5) is 12.9. The Morgan fingerprint density at radius 2 is 1.74 bits per heavy atom. The first-order valence-corrected chi connectivity index (χ1v) is 11.9. The highest BCUT2D eigenvalue weighted by Gasteiger charge is 2.31. The first kappa shape index (κ1) is 23.5. The zero-order valence-electron chi connectivity index (χ0n) is 15.7. The molecule has 0 aliphatic carbocycles. The van der Waals surface area contributed by atoms with Gasteiger partial charge in [0.15, 0.2) is 0 Å². The van der Waals surface area contributed by atoms with Gasteiger partial charge in [-0.25, -0.2) is 8.42 Å². The van der Waals surface area contributed by atoms with Crippen molar-refractivity contribution in [1.82, 2.24) is 4.72 Å². The van der Waals surface area contributed by atoms with E-state index in [4.69, 9.17) is 0 Å². The van der Waals surface area contributed by atoms with Crippen LogP contribution in [0.5, 0.6) is 0 Å². The van der Waals surface area contributed by atoms with Crippen molar-refractivity contribution in [1.29, 1.82) is 0 Å². The van der Waals surface area contributed by atoms with Crippen molar-refractivity contribution in [3.05, 3.63) is 81.6 Å². The summed E-state index contributed by atoms with van der Waals surface area (Å²) in [5.74, 6) is -0.776. The average molecular weight is 533 g/mol. The second-order valence-electron chi connectivity index (χ2n) is 6.49. The molecule has 11 heteroatoms. The van der Waals surface area contributed by atoms with E-state index in [9.17, 15) is 26.4 Å². The number of benzene rings is 2. The first-order chi connectivity index (χ1) is 14.5. The third kappa shape index (κ3) is 6.39. The van der Waals surface area contributed by atoms with Crippen LogP contribution in [0.2, 0.25) is 0 Å². The van der Waals surface area contributed by atoms with E-state index in [0.29, 0.717) is 9.35 Å². The number of hydrogen-bond donors (Lipinski definition) is 2. The van der Waals surface area contributed by atoms with Crippen molar-refractivity contribution in [3.8, 4) is 0 Å². The molecule has 1 atom stereocenters. The summed E-state index contributed by atoms with van der Waals surface area (Å²) in [7, 11) is -4.03. The van der Waals surface area contributed by atoms with E-state index >= 15 is 0 Å². The minimum Gasteiger partial charge on any atom is -0.325 e. The molecule has 0 bridgehead atoms. The van der Waals surface area contributed by atoms with Gasteiger partial charge in [0.1, 0.15) is 10.3 Å². The van der Waals surface area contributed by atoms with Gasteiger partial charge in [-0.2, -0.15) is 17.9 Å². The predicted octanol–water partition coefficient (Wildman–Crippen LogP) is 5.06. The molecule has 3 rings (SSSR count). The molecule has 1 aromatic heterocycles. The van der Waals surface area contributed by atoms with E-state index in [1.165, 1.54) is 12.1 Å². The van der Waals surface area contributed by atoms with Gasteiger partial charge in [-0.15, -0.1) is 11.3 Å².